The van der Waals surface area contributed by atoms with E-state index in [4.69, 9.17) is 0 Å². The van der Waals surface area contributed by atoms with E-state index < -0.39 is 11.9 Å². The quantitative estimate of drug-likeness (QED) is 0.276. The fraction of sp³-hybridized carbons (Fsp3) is 0.333. The molecule has 9 heteroatoms. The normalized spacial score (nSPS) is 13.1. The van der Waals surface area contributed by atoms with Crippen LogP contribution in [0.2, 0.25) is 0 Å². The average molecular weight is 531 g/mol. The van der Waals surface area contributed by atoms with E-state index in [1.54, 1.807) is 0 Å². The summed E-state index contributed by atoms with van der Waals surface area (Å²) in [6, 6.07) is 14.2. The van der Waals surface area contributed by atoms with Crippen LogP contribution in [-0.2, 0) is 19.8 Å². The van der Waals surface area contributed by atoms with Crippen LogP contribution >= 0.6 is 24.0 Å². The summed E-state index contributed by atoms with van der Waals surface area (Å²) in [6.45, 7) is 4.36. The van der Waals surface area contributed by atoms with Gasteiger partial charge in [0.15, 0.2) is 11.7 Å². The van der Waals surface area contributed by atoms with E-state index >= 15 is 0 Å². The zero-order chi connectivity index (χ0) is 21.0. The van der Waals surface area contributed by atoms with Crippen LogP contribution in [0.25, 0.3) is 10.8 Å². The number of rotatable bonds is 5. The van der Waals surface area contributed by atoms with Gasteiger partial charge in [-0.05, 0) is 36.2 Å². The molecule has 1 heterocycles. The number of aliphatic imine (C=N–C) groups is 1. The summed E-state index contributed by atoms with van der Waals surface area (Å²) in [6.07, 6.45) is -3.15. The first-order chi connectivity index (χ1) is 13.8. The predicted molar refractivity (Wildman–Crippen MR) is 124 cm³/mol. The maximum Gasteiger partial charge on any atom is 0.435 e. The molecule has 0 aliphatic rings. The van der Waals surface area contributed by atoms with Gasteiger partial charge in [-0.1, -0.05) is 36.4 Å². The van der Waals surface area contributed by atoms with Crippen molar-refractivity contribution < 1.29 is 13.2 Å². The molecule has 0 aliphatic heterocycles. The van der Waals surface area contributed by atoms with E-state index in [1.807, 2.05) is 38.1 Å². The number of guanidine groups is 1. The summed E-state index contributed by atoms with van der Waals surface area (Å²) in [5.41, 5.74) is 0.199. The number of hydrogen-bond donors (Lipinski definition) is 2. The van der Waals surface area contributed by atoms with Crippen molar-refractivity contribution in [3.05, 3.63) is 65.5 Å². The molecule has 2 aromatic carbocycles. The van der Waals surface area contributed by atoms with Gasteiger partial charge in [0.25, 0.3) is 0 Å². The van der Waals surface area contributed by atoms with Gasteiger partial charge in [-0.3, -0.25) is 4.68 Å². The van der Waals surface area contributed by atoms with Crippen LogP contribution in [0.1, 0.15) is 36.7 Å². The Hall–Kier alpha value is -2.30. The summed E-state index contributed by atoms with van der Waals surface area (Å²) >= 11 is 0. The summed E-state index contributed by atoms with van der Waals surface area (Å²) in [4.78, 5) is 4.34. The highest BCUT2D eigenvalue weighted by Crippen LogP contribution is 2.30. The molecule has 0 bridgehead atoms. The second kappa shape index (κ2) is 10.1. The number of nitrogens with zero attached hydrogens (tertiary/aromatic N) is 3. The molecule has 0 saturated carbocycles. The summed E-state index contributed by atoms with van der Waals surface area (Å²) < 4.78 is 40.6. The lowest BCUT2D eigenvalue weighted by molar-refractivity contribution is -0.142. The lowest BCUT2D eigenvalue weighted by Crippen LogP contribution is -2.38. The molecule has 0 saturated heterocycles. The molecule has 0 fully saturated rings. The van der Waals surface area contributed by atoms with Gasteiger partial charge >= 0.3 is 6.18 Å². The lowest BCUT2D eigenvalue weighted by atomic mass is 10.0. The van der Waals surface area contributed by atoms with Crippen molar-refractivity contribution in [2.45, 2.75) is 32.6 Å². The minimum atomic E-state index is -4.50. The number of aryl methyl sites for hydroxylation is 1. The molecule has 0 aliphatic carbocycles. The van der Waals surface area contributed by atoms with Crippen molar-refractivity contribution in [2.24, 2.45) is 12.0 Å². The minimum absolute atomic E-state index is 0. The second-order valence-electron chi connectivity index (χ2n) is 6.84. The van der Waals surface area contributed by atoms with Crippen molar-refractivity contribution in [3.8, 4) is 0 Å². The Morgan fingerprint density at radius 2 is 1.87 bits per heavy atom. The average Bonchev–Trinajstić information content (AvgIpc) is 3.07. The third-order valence-electron chi connectivity index (χ3n) is 4.55. The van der Waals surface area contributed by atoms with Gasteiger partial charge in [0.1, 0.15) is 0 Å². The molecule has 162 valence electrons. The molecule has 1 atom stereocenters. The zero-order valence-electron chi connectivity index (χ0n) is 17.0. The van der Waals surface area contributed by atoms with Crippen LogP contribution in [0.5, 0.6) is 0 Å². The van der Waals surface area contributed by atoms with Crippen LogP contribution in [0.4, 0.5) is 13.2 Å². The van der Waals surface area contributed by atoms with Crippen molar-refractivity contribution in [1.29, 1.82) is 0 Å². The molecule has 0 spiro atoms. The number of aromatic nitrogens is 2. The molecule has 1 aromatic heterocycles. The maximum absolute atomic E-state index is 13.1. The van der Waals surface area contributed by atoms with Crippen LogP contribution in [0, 0.1) is 0 Å². The largest absolute Gasteiger partial charge is 0.435 e. The van der Waals surface area contributed by atoms with Crippen LogP contribution in [0.3, 0.4) is 0 Å². The van der Waals surface area contributed by atoms with Crippen molar-refractivity contribution in [1.82, 2.24) is 20.4 Å². The summed E-state index contributed by atoms with van der Waals surface area (Å²) in [5, 5.41) is 12.2. The molecule has 3 rings (SSSR count). The van der Waals surface area contributed by atoms with Gasteiger partial charge in [0, 0.05) is 25.4 Å². The van der Waals surface area contributed by atoms with Crippen LogP contribution in [0.15, 0.2) is 53.7 Å². The van der Waals surface area contributed by atoms with E-state index in [-0.39, 0.29) is 42.1 Å². The van der Waals surface area contributed by atoms with E-state index in [2.05, 4.69) is 38.9 Å². The third kappa shape index (κ3) is 5.87. The highest BCUT2D eigenvalue weighted by Gasteiger charge is 2.36. The zero-order valence-corrected chi connectivity index (χ0v) is 19.3. The Balaban J connectivity index is 0.00000320. The molecule has 0 radical (unpaired) electrons. The van der Waals surface area contributed by atoms with E-state index in [9.17, 15) is 13.2 Å². The third-order valence-corrected chi connectivity index (χ3v) is 4.55. The Labute approximate surface area is 190 Å². The molecule has 1 unspecified atom stereocenters. The Bertz CT molecular complexity index is 1010. The maximum atomic E-state index is 13.1. The number of alkyl halides is 3. The summed E-state index contributed by atoms with van der Waals surface area (Å²) in [7, 11) is 1.47. The van der Waals surface area contributed by atoms with Gasteiger partial charge in [0.2, 0.25) is 0 Å². The monoisotopic (exact) mass is 531 g/mol. The van der Waals surface area contributed by atoms with Crippen molar-refractivity contribution in [2.75, 3.05) is 6.54 Å². The van der Waals surface area contributed by atoms with Crippen LogP contribution < -0.4 is 10.6 Å². The standard InChI is InChI=1S/C21H24F3N5.HI/c1-4-25-20(26-12-18-13-29(3)28-19(18)21(22,23)24)27-14(2)16-10-9-15-7-5-6-8-17(15)11-16;/h5-11,13-14H,4,12H2,1-3H3,(H2,25,26,27);1H. The van der Waals surface area contributed by atoms with Gasteiger partial charge in [-0.25, -0.2) is 4.99 Å². The highest BCUT2D eigenvalue weighted by atomic mass is 127. The number of halogens is 4. The van der Waals surface area contributed by atoms with E-state index in [0.29, 0.717) is 12.5 Å². The minimum Gasteiger partial charge on any atom is -0.357 e. The number of fused-ring (bicyclic) bond motifs is 1. The van der Waals surface area contributed by atoms with E-state index in [0.717, 1.165) is 21.0 Å². The topological polar surface area (TPSA) is 54.2 Å². The first kappa shape index (κ1) is 24.0. The molecular weight excluding hydrogens is 506 g/mol. The fourth-order valence-corrected chi connectivity index (χ4v) is 3.14. The van der Waals surface area contributed by atoms with Gasteiger partial charge < -0.3 is 10.6 Å². The first-order valence-electron chi connectivity index (χ1n) is 9.41. The van der Waals surface area contributed by atoms with Crippen molar-refractivity contribution in [3.63, 3.8) is 0 Å². The summed E-state index contributed by atoms with van der Waals surface area (Å²) in [5.74, 6) is 0.449. The molecule has 2 N–H and O–H groups in total. The molecule has 5 nitrogen and oxygen atoms in total. The Morgan fingerprint density at radius 1 is 1.17 bits per heavy atom. The Morgan fingerprint density at radius 3 is 2.53 bits per heavy atom. The van der Waals surface area contributed by atoms with E-state index in [1.165, 1.54) is 13.2 Å². The van der Waals surface area contributed by atoms with Crippen molar-refractivity contribution >= 4 is 40.7 Å². The SMILES string of the molecule is CCNC(=NCc1cn(C)nc1C(F)(F)F)NC(C)c1ccc2ccccc2c1.I. The highest BCUT2D eigenvalue weighted by molar-refractivity contribution is 14.0. The smallest absolute Gasteiger partial charge is 0.357 e. The van der Waals surface area contributed by atoms with Gasteiger partial charge in [-0.15, -0.1) is 24.0 Å². The Kier molecular flexibility index (Phi) is 8.10. The van der Waals surface area contributed by atoms with Crippen LogP contribution in [-0.4, -0.2) is 22.3 Å². The molecule has 30 heavy (non-hydrogen) atoms. The lowest BCUT2D eigenvalue weighted by Gasteiger charge is -2.18. The second-order valence-corrected chi connectivity index (χ2v) is 6.84. The molecule has 0 amide bonds. The predicted octanol–water partition coefficient (Wildman–Crippen LogP) is 5.03. The number of benzene rings is 2. The molecular formula is C21H25F3IN5. The fourth-order valence-electron chi connectivity index (χ4n) is 3.14. The van der Waals surface area contributed by atoms with Gasteiger partial charge in [-0.2, -0.15) is 18.3 Å². The first-order valence-corrected chi connectivity index (χ1v) is 9.41. The number of hydrogen-bond acceptors (Lipinski definition) is 2. The molecule has 3 aromatic rings. The van der Waals surface area contributed by atoms with Gasteiger partial charge in [0.05, 0.1) is 12.6 Å². The number of nitrogens with one attached hydrogen (secondary N) is 2.